The van der Waals surface area contributed by atoms with Crippen molar-refractivity contribution in [2.45, 2.75) is 20.0 Å². The number of carbonyl (C=O) groups is 1. The summed E-state index contributed by atoms with van der Waals surface area (Å²) in [5, 5.41) is 12.1. The quantitative estimate of drug-likeness (QED) is 0.725. The van der Waals surface area contributed by atoms with Gasteiger partial charge < -0.3 is 15.2 Å². The Bertz CT molecular complexity index is 413. The molecule has 0 aliphatic rings. The molecule has 5 nitrogen and oxygen atoms in total. The fourth-order valence-electron chi connectivity index (χ4n) is 1.35. The number of nitrogens with one attached hydrogen (secondary N) is 1. The van der Waals surface area contributed by atoms with Crippen molar-refractivity contribution in [3.05, 3.63) is 29.8 Å². The second-order valence-electron chi connectivity index (χ2n) is 4.66. The Hall–Kier alpha value is -1.53. The van der Waals surface area contributed by atoms with Crippen LogP contribution in [0.25, 0.3) is 0 Å². The van der Waals surface area contributed by atoms with E-state index in [0.717, 1.165) is 6.07 Å². The number of hydrogen-bond donors (Lipinski definition) is 2. The van der Waals surface area contributed by atoms with Crippen LogP contribution in [-0.2, 0) is 4.74 Å². The number of aliphatic hydroxyl groups is 1. The maximum atomic E-state index is 12.8. The lowest BCUT2D eigenvalue weighted by Gasteiger charge is -2.13. The number of hydrogen-bond acceptors (Lipinski definition) is 4. The van der Waals surface area contributed by atoms with Crippen LogP contribution in [0, 0.1) is 11.9 Å². The minimum atomic E-state index is -0.783. The Morgan fingerprint density at radius 3 is 2.89 bits per heavy atom. The molecule has 6 heteroatoms. The van der Waals surface area contributed by atoms with Crippen molar-refractivity contribution in [1.82, 2.24) is 10.3 Å². The lowest BCUT2D eigenvalue weighted by atomic mass is 10.2. The monoisotopic (exact) mass is 270 g/mol. The average Bonchev–Trinajstić information content (AvgIpc) is 2.35. The Morgan fingerprint density at radius 2 is 2.26 bits per heavy atom. The molecule has 106 valence electrons. The molecular formula is C13H19FN2O3. The molecule has 2 N–H and O–H groups in total. The van der Waals surface area contributed by atoms with Crippen molar-refractivity contribution in [1.29, 1.82) is 0 Å². The zero-order chi connectivity index (χ0) is 14.3. The predicted molar refractivity (Wildman–Crippen MR) is 68.2 cm³/mol. The number of nitrogens with zero attached hydrogens (tertiary/aromatic N) is 1. The van der Waals surface area contributed by atoms with Gasteiger partial charge in [0.15, 0.2) is 0 Å². The molecule has 0 aliphatic carbocycles. The molecule has 1 unspecified atom stereocenters. The summed E-state index contributed by atoms with van der Waals surface area (Å²) in [5.41, 5.74) is 0.169. The molecule has 1 amide bonds. The van der Waals surface area contributed by atoms with E-state index in [4.69, 9.17) is 4.74 Å². The van der Waals surface area contributed by atoms with Crippen LogP contribution in [0.15, 0.2) is 18.3 Å². The standard InChI is InChI=1S/C13H19FN2O3/c1-9(2)7-19-8-11(17)6-16-13(18)10-3-4-15-12(14)5-10/h3-5,9,11,17H,6-8H2,1-2H3,(H,16,18). The molecule has 1 heterocycles. The lowest BCUT2D eigenvalue weighted by molar-refractivity contribution is 0.0259. The molecule has 0 spiro atoms. The van der Waals surface area contributed by atoms with Crippen LogP contribution < -0.4 is 5.32 Å². The van der Waals surface area contributed by atoms with Crippen LogP contribution in [-0.4, -0.2) is 41.9 Å². The predicted octanol–water partition coefficient (Wildman–Crippen LogP) is 0.984. The highest BCUT2D eigenvalue weighted by Crippen LogP contribution is 2.00. The Labute approximate surface area is 111 Å². The van der Waals surface area contributed by atoms with Crippen molar-refractivity contribution >= 4 is 5.91 Å². The van der Waals surface area contributed by atoms with Gasteiger partial charge in [0, 0.05) is 31.0 Å². The van der Waals surface area contributed by atoms with E-state index in [0.29, 0.717) is 12.5 Å². The number of aromatic nitrogens is 1. The van der Waals surface area contributed by atoms with Crippen molar-refractivity contribution < 1.29 is 19.0 Å². The third kappa shape index (κ3) is 6.26. The molecule has 0 radical (unpaired) electrons. The maximum Gasteiger partial charge on any atom is 0.251 e. The van der Waals surface area contributed by atoms with Crippen molar-refractivity contribution in [3.8, 4) is 0 Å². The molecular weight excluding hydrogens is 251 g/mol. The van der Waals surface area contributed by atoms with Gasteiger partial charge in [-0.15, -0.1) is 0 Å². The van der Waals surface area contributed by atoms with Crippen LogP contribution in [0.4, 0.5) is 4.39 Å². The second kappa shape index (κ2) is 7.81. The van der Waals surface area contributed by atoms with Crippen molar-refractivity contribution in [2.24, 2.45) is 5.92 Å². The number of aliphatic hydroxyl groups excluding tert-OH is 1. The molecule has 0 saturated carbocycles. The first-order valence-corrected chi connectivity index (χ1v) is 6.14. The van der Waals surface area contributed by atoms with E-state index in [2.05, 4.69) is 10.3 Å². The smallest absolute Gasteiger partial charge is 0.251 e. The minimum Gasteiger partial charge on any atom is -0.389 e. The summed E-state index contributed by atoms with van der Waals surface area (Å²) >= 11 is 0. The molecule has 0 aromatic carbocycles. The highest BCUT2D eigenvalue weighted by molar-refractivity contribution is 5.93. The number of rotatable bonds is 7. The fraction of sp³-hybridized carbons (Fsp3) is 0.538. The molecule has 1 aromatic heterocycles. The minimum absolute atomic E-state index is 0.0564. The van der Waals surface area contributed by atoms with E-state index in [1.54, 1.807) is 0 Å². The summed E-state index contributed by atoms with van der Waals surface area (Å²) in [6.07, 6.45) is 0.432. The first-order chi connectivity index (χ1) is 8.99. The molecule has 0 aliphatic heterocycles. The molecule has 0 fully saturated rings. The summed E-state index contributed by atoms with van der Waals surface area (Å²) < 4.78 is 18.1. The third-order valence-electron chi connectivity index (χ3n) is 2.25. The van der Waals surface area contributed by atoms with Gasteiger partial charge in [-0.25, -0.2) is 4.98 Å². The molecule has 0 bridgehead atoms. The topological polar surface area (TPSA) is 71.5 Å². The number of pyridine rings is 1. The average molecular weight is 270 g/mol. The maximum absolute atomic E-state index is 12.8. The summed E-state index contributed by atoms with van der Waals surface area (Å²) in [6.45, 7) is 4.78. The van der Waals surface area contributed by atoms with Crippen LogP contribution >= 0.6 is 0 Å². The van der Waals surface area contributed by atoms with Crippen LogP contribution in [0.3, 0.4) is 0 Å². The first-order valence-electron chi connectivity index (χ1n) is 6.14. The number of ether oxygens (including phenoxy) is 1. The van der Waals surface area contributed by atoms with Crippen molar-refractivity contribution in [2.75, 3.05) is 19.8 Å². The van der Waals surface area contributed by atoms with Gasteiger partial charge in [-0.1, -0.05) is 13.8 Å². The Kier molecular flexibility index (Phi) is 6.38. The summed E-state index contributed by atoms with van der Waals surface area (Å²) in [4.78, 5) is 15.0. The molecule has 1 aromatic rings. The third-order valence-corrected chi connectivity index (χ3v) is 2.25. The normalized spacial score (nSPS) is 12.5. The molecule has 0 saturated heterocycles. The van der Waals surface area contributed by atoms with Crippen LogP contribution in [0.2, 0.25) is 0 Å². The number of amides is 1. The van der Waals surface area contributed by atoms with E-state index in [9.17, 15) is 14.3 Å². The Morgan fingerprint density at radius 1 is 1.53 bits per heavy atom. The Balaban J connectivity index is 2.30. The van der Waals surface area contributed by atoms with E-state index in [1.807, 2.05) is 13.8 Å². The van der Waals surface area contributed by atoms with Gasteiger partial charge in [0.25, 0.3) is 5.91 Å². The molecule has 1 rings (SSSR count). The highest BCUT2D eigenvalue weighted by Gasteiger charge is 2.10. The number of carbonyl (C=O) groups excluding carboxylic acids is 1. The molecule has 1 atom stereocenters. The van der Waals surface area contributed by atoms with Gasteiger partial charge in [0.2, 0.25) is 5.95 Å². The zero-order valence-corrected chi connectivity index (χ0v) is 11.1. The van der Waals surface area contributed by atoms with E-state index in [-0.39, 0.29) is 18.7 Å². The largest absolute Gasteiger partial charge is 0.389 e. The van der Waals surface area contributed by atoms with E-state index < -0.39 is 18.0 Å². The molecule has 19 heavy (non-hydrogen) atoms. The SMILES string of the molecule is CC(C)COCC(O)CNC(=O)c1ccnc(F)c1. The first kappa shape index (κ1) is 15.5. The second-order valence-corrected chi connectivity index (χ2v) is 4.66. The van der Waals surface area contributed by atoms with Crippen molar-refractivity contribution in [3.63, 3.8) is 0 Å². The van der Waals surface area contributed by atoms with Gasteiger partial charge in [-0.05, 0) is 12.0 Å². The van der Waals surface area contributed by atoms with Gasteiger partial charge in [-0.2, -0.15) is 4.39 Å². The summed E-state index contributed by atoms with van der Waals surface area (Å²) in [5.74, 6) is -0.778. The van der Waals surface area contributed by atoms with Gasteiger partial charge in [0.05, 0.1) is 12.7 Å². The fourth-order valence-corrected chi connectivity index (χ4v) is 1.35. The van der Waals surface area contributed by atoms with Crippen LogP contribution in [0.5, 0.6) is 0 Å². The summed E-state index contributed by atoms with van der Waals surface area (Å²) in [7, 11) is 0. The zero-order valence-electron chi connectivity index (χ0n) is 11.1. The van der Waals surface area contributed by atoms with Gasteiger partial charge >= 0.3 is 0 Å². The highest BCUT2D eigenvalue weighted by atomic mass is 19.1. The van der Waals surface area contributed by atoms with Crippen LogP contribution in [0.1, 0.15) is 24.2 Å². The number of halogens is 1. The summed E-state index contributed by atoms with van der Waals surface area (Å²) in [6, 6.07) is 2.44. The lowest BCUT2D eigenvalue weighted by Crippen LogP contribution is -2.34. The van der Waals surface area contributed by atoms with E-state index in [1.165, 1.54) is 12.3 Å². The van der Waals surface area contributed by atoms with Gasteiger partial charge in [-0.3, -0.25) is 4.79 Å². The van der Waals surface area contributed by atoms with E-state index >= 15 is 0 Å². The van der Waals surface area contributed by atoms with Gasteiger partial charge in [0.1, 0.15) is 0 Å².